The second kappa shape index (κ2) is 7.11. The number of aromatic nitrogens is 4. The molecule has 6 nitrogen and oxygen atoms in total. The third kappa shape index (κ3) is 2.91. The molecular formula is C23H15Cl2N5O. The van der Waals surface area contributed by atoms with E-state index >= 15 is 0 Å². The molecule has 0 radical (unpaired) electrons. The molecule has 0 saturated heterocycles. The number of rotatable bonds is 2. The van der Waals surface area contributed by atoms with Gasteiger partial charge in [-0.25, -0.2) is 4.68 Å². The lowest BCUT2D eigenvalue weighted by molar-refractivity contribution is 0.223. The quantitative estimate of drug-likeness (QED) is 0.436. The van der Waals surface area contributed by atoms with Crippen LogP contribution in [0.3, 0.4) is 0 Å². The molecule has 0 aliphatic carbocycles. The van der Waals surface area contributed by atoms with Crippen LogP contribution in [0.1, 0.15) is 28.8 Å². The van der Waals surface area contributed by atoms with Crippen LogP contribution in [-0.2, 0) is 0 Å². The molecule has 8 heteroatoms. The highest BCUT2D eigenvalue weighted by Gasteiger charge is 2.41. The zero-order chi connectivity index (χ0) is 20.9. The average Bonchev–Trinajstić information content (AvgIpc) is 3.26. The van der Waals surface area contributed by atoms with Crippen molar-refractivity contribution in [1.82, 2.24) is 19.7 Å². The molecule has 2 aromatic heterocycles. The van der Waals surface area contributed by atoms with Crippen molar-refractivity contribution in [2.45, 2.75) is 12.1 Å². The van der Waals surface area contributed by atoms with E-state index in [9.17, 15) is 0 Å². The van der Waals surface area contributed by atoms with Crippen LogP contribution >= 0.6 is 23.2 Å². The summed E-state index contributed by atoms with van der Waals surface area (Å²) < 4.78 is 8.40. The highest BCUT2D eigenvalue weighted by molar-refractivity contribution is 6.35. The minimum atomic E-state index is -0.454. The number of fused-ring (bicyclic) bond motifs is 3. The first-order valence-corrected chi connectivity index (χ1v) is 10.5. The van der Waals surface area contributed by atoms with Crippen LogP contribution in [0, 0.1) is 0 Å². The summed E-state index contributed by atoms with van der Waals surface area (Å²) in [7, 11) is 0. The fourth-order valence-corrected chi connectivity index (χ4v) is 4.76. The molecule has 2 atom stereocenters. The Kier molecular flexibility index (Phi) is 4.23. The predicted octanol–water partition coefficient (Wildman–Crippen LogP) is 5.54. The number of hydrogen-bond donors (Lipinski definition) is 1. The van der Waals surface area contributed by atoms with Gasteiger partial charge in [-0.1, -0.05) is 47.5 Å². The summed E-state index contributed by atoms with van der Waals surface area (Å²) in [5.41, 5.74) is 4.68. The number of pyridine rings is 1. The van der Waals surface area contributed by atoms with Crippen LogP contribution in [0.2, 0.25) is 10.0 Å². The molecule has 0 bridgehead atoms. The second-order valence-electron chi connectivity index (χ2n) is 7.33. The maximum atomic E-state index is 6.64. The van der Waals surface area contributed by atoms with Gasteiger partial charge < -0.3 is 10.1 Å². The van der Waals surface area contributed by atoms with Gasteiger partial charge in [0.15, 0.2) is 6.10 Å². The molecule has 2 aliphatic heterocycles. The number of halogens is 2. The van der Waals surface area contributed by atoms with Crippen molar-refractivity contribution in [2.75, 3.05) is 5.32 Å². The van der Waals surface area contributed by atoms with Gasteiger partial charge in [0.2, 0.25) is 5.95 Å². The molecule has 0 saturated carbocycles. The SMILES string of the molecule is Clc1ccc([C@H]2Oc3ccccc3C3=C2[C@@H](c2cccnc2)n2ncnc2N3)c(Cl)c1. The molecule has 0 amide bonds. The molecule has 2 aromatic carbocycles. The summed E-state index contributed by atoms with van der Waals surface area (Å²) in [6, 6.07) is 17.1. The summed E-state index contributed by atoms with van der Waals surface area (Å²) in [6.07, 6.45) is 4.68. The van der Waals surface area contributed by atoms with E-state index in [4.69, 9.17) is 27.9 Å². The molecule has 0 spiro atoms. The van der Waals surface area contributed by atoms with E-state index in [0.717, 1.165) is 33.7 Å². The summed E-state index contributed by atoms with van der Waals surface area (Å²) in [4.78, 5) is 8.76. The first-order chi connectivity index (χ1) is 15.2. The van der Waals surface area contributed by atoms with Gasteiger partial charge in [0.25, 0.3) is 0 Å². The Labute approximate surface area is 188 Å². The van der Waals surface area contributed by atoms with Gasteiger partial charge in [-0.05, 0) is 35.9 Å². The first kappa shape index (κ1) is 18.4. The smallest absolute Gasteiger partial charge is 0.226 e. The molecule has 2 aliphatic rings. The molecule has 1 N–H and O–H groups in total. The number of nitrogens with one attached hydrogen (secondary N) is 1. The lowest BCUT2D eigenvalue weighted by Gasteiger charge is -2.39. The molecular weight excluding hydrogens is 433 g/mol. The fourth-order valence-electron chi connectivity index (χ4n) is 4.25. The van der Waals surface area contributed by atoms with E-state index in [2.05, 4.69) is 20.4 Å². The number of anilines is 1. The highest BCUT2D eigenvalue weighted by Crippen LogP contribution is 2.51. The molecule has 4 aromatic rings. The maximum Gasteiger partial charge on any atom is 0.226 e. The topological polar surface area (TPSA) is 64.9 Å². The van der Waals surface area contributed by atoms with Gasteiger partial charge >= 0.3 is 0 Å². The van der Waals surface area contributed by atoms with Gasteiger partial charge in [-0.3, -0.25) is 4.98 Å². The minimum Gasteiger partial charge on any atom is -0.480 e. The Hall–Kier alpha value is -3.35. The van der Waals surface area contributed by atoms with Crippen LogP contribution in [0.4, 0.5) is 5.95 Å². The van der Waals surface area contributed by atoms with Gasteiger partial charge in [-0.15, -0.1) is 0 Å². The minimum absolute atomic E-state index is 0.271. The Morgan fingerprint density at radius 2 is 1.94 bits per heavy atom. The van der Waals surface area contributed by atoms with Crippen LogP contribution < -0.4 is 10.1 Å². The summed E-state index contributed by atoms with van der Waals surface area (Å²) in [6.45, 7) is 0. The first-order valence-electron chi connectivity index (χ1n) is 9.72. The Morgan fingerprint density at radius 1 is 1.03 bits per heavy atom. The van der Waals surface area contributed by atoms with Gasteiger partial charge in [0, 0.05) is 39.1 Å². The van der Waals surface area contributed by atoms with Crippen LogP contribution in [0.25, 0.3) is 5.70 Å². The van der Waals surface area contributed by atoms with E-state index in [1.54, 1.807) is 18.6 Å². The predicted molar refractivity (Wildman–Crippen MR) is 119 cm³/mol. The van der Waals surface area contributed by atoms with E-state index in [0.29, 0.717) is 16.0 Å². The number of hydrogen-bond acceptors (Lipinski definition) is 5. The number of para-hydroxylation sites is 1. The van der Waals surface area contributed by atoms with Crippen LogP contribution in [-0.4, -0.2) is 19.7 Å². The van der Waals surface area contributed by atoms with E-state index in [1.165, 1.54) is 0 Å². The van der Waals surface area contributed by atoms with Crippen LogP contribution in [0.5, 0.6) is 5.75 Å². The summed E-state index contributed by atoms with van der Waals surface area (Å²) in [5, 5.41) is 9.07. The number of ether oxygens (including phenoxy) is 1. The summed E-state index contributed by atoms with van der Waals surface area (Å²) >= 11 is 12.8. The molecule has 0 fully saturated rings. The molecule has 152 valence electrons. The van der Waals surface area contributed by atoms with E-state index < -0.39 is 6.10 Å². The van der Waals surface area contributed by atoms with E-state index in [1.807, 2.05) is 59.4 Å². The summed E-state index contributed by atoms with van der Waals surface area (Å²) in [5.74, 6) is 1.42. The van der Waals surface area contributed by atoms with Crippen molar-refractivity contribution in [2.24, 2.45) is 0 Å². The van der Waals surface area contributed by atoms with Gasteiger partial charge in [-0.2, -0.15) is 10.1 Å². The lowest BCUT2D eigenvalue weighted by atomic mass is 9.85. The van der Waals surface area contributed by atoms with Crippen molar-refractivity contribution >= 4 is 34.8 Å². The number of benzene rings is 2. The average molecular weight is 448 g/mol. The monoisotopic (exact) mass is 447 g/mol. The molecule has 6 rings (SSSR count). The number of nitrogens with zero attached hydrogens (tertiary/aromatic N) is 4. The van der Waals surface area contributed by atoms with Crippen molar-refractivity contribution < 1.29 is 4.74 Å². The zero-order valence-electron chi connectivity index (χ0n) is 16.0. The third-order valence-corrected chi connectivity index (χ3v) is 6.13. The lowest BCUT2D eigenvalue weighted by Crippen LogP contribution is -2.32. The highest BCUT2D eigenvalue weighted by atomic mass is 35.5. The normalized spacial score (nSPS) is 19.0. The fraction of sp³-hybridized carbons (Fsp3) is 0.0870. The van der Waals surface area contributed by atoms with Crippen molar-refractivity contribution in [3.8, 4) is 5.75 Å². The Morgan fingerprint density at radius 3 is 2.77 bits per heavy atom. The second-order valence-corrected chi connectivity index (χ2v) is 8.18. The molecule has 4 heterocycles. The van der Waals surface area contributed by atoms with Gasteiger partial charge in [0.1, 0.15) is 18.1 Å². The zero-order valence-corrected chi connectivity index (χ0v) is 17.5. The standard InChI is InChI=1S/C23H15Cl2N5O/c24-14-7-8-15(17(25)10-14)22-19-20(16-5-1-2-6-18(16)31-22)29-23-27-12-28-30(23)21(19)13-4-3-9-26-11-13/h1-12,21-22H,(H,27,28,29)/t21-,22-/m1/s1. The third-order valence-electron chi connectivity index (χ3n) is 5.57. The largest absolute Gasteiger partial charge is 0.480 e. The maximum absolute atomic E-state index is 6.64. The molecule has 0 unspecified atom stereocenters. The molecule has 31 heavy (non-hydrogen) atoms. The Balaban J connectivity index is 1.65. The van der Waals surface area contributed by atoms with E-state index in [-0.39, 0.29) is 6.04 Å². The Bertz CT molecular complexity index is 1330. The van der Waals surface area contributed by atoms with Crippen molar-refractivity contribution in [3.63, 3.8) is 0 Å². The van der Waals surface area contributed by atoms with Gasteiger partial charge in [0.05, 0.1) is 5.70 Å². The van der Waals surface area contributed by atoms with Crippen molar-refractivity contribution in [1.29, 1.82) is 0 Å². The van der Waals surface area contributed by atoms with Crippen LogP contribution in [0.15, 0.2) is 78.9 Å². The van der Waals surface area contributed by atoms with Crippen molar-refractivity contribution in [3.05, 3.63) is 106 Å².